The van der Waals surface area contributed by atoms with E-state index in [4.69, 9.17) is 4.74 Å². The third kappa shape index (κ3) is 4.38. The number of unbranched alkanes of at least 4 members (excludes halogenated alkanes) is 1. The van der Waals surface area contributed by atoms with Crippen molar-refractivity contribution in [3.05, 3.63) is 41.7 Å². The van der Waals surface area contributed by atoms with Crippen LogP contribution in [0.25, 0.3) is 26.1 Å². The molecule has 8 heteroatoms. The van der Waals surface area contributed by atoms with Crippen LogP contribution in [0.4, 0.5) is 5.82 Å². The zero-order valence-corrected chi connectivity index (χ0v) is 18.2. The van der Waals surface area contributed by atoms with E-state index in [1.165, 1.54) is 17.7 Å². The molecule has 0 N–H and O–H groups in total. The third-order valence-corrected chi connectivity index (χ3v) is 5.77. The summed E-state index contributed by atoms with van der Waals surface area (Å²) in [6, 6.07) is 0. The molecule has 0 aliphatic heterocycles. The van der Waals surface area contributed by atoms with Gasteiger partial charge in [-0.1, -0.05) is 19.1 Å². The van der Waals surface area contributed by atoms with Crippen molar-refractivity contribution in [1.82, 2.24) is 19.5 Å². The van der Waals surface area contributed by atoms with E-state index in [0.717, 1.165) is 41.0 Å². The minimum absolute atomic E-state index is 0.0574. The molecule has 154 valence electrons. The Morgan fingerprint density at radius 3 is 2.86 bits per heavy atom. The van der Waals surface area contributed by atoms with E-state index in [1.807, 2.05) is 32.8 Å². The molecule has 0 aliphatic rings. The van der Waals surface area contributed by atoms with Crippen molar-refractivity contribution < 1.29 is 4.74 Å². The molecule has 1 atom stereocenters. The first-order valence-electron chi connectivity index (χ1n) is 9.73. The second-order valence-corrected chi connectivity index (χ2v) is 7.97. The number of allylic oxidation sites excluding steroid dienone is 2. The lowest BCUT2D eigenvalue weighted by Crippen LogP contribution is -2.19. The van der Waals surface area contributed by atoms with Gasteiger partial charge in [0.25, 0.3) is 5.56 Å². The fourth-order valence-corrected chi connectivity index (χ4v) is 4.12. The first-order valence-corrected chi connectivity index (χ1v) is 10.5. The third-order valence-electron chi connectivity index (χ3n) is 4.69. The molecule has 0 spiro atoms. The van der Waals surface area contributed by atoms with Gasteiger partial charge in [0.1, 0.15) is 33.5 Å². The largest absolute Gasteiger partial charge is 0.374 e. The number of ether oxygens (including phenoxy) is 1. The summed E-state index contributed by atoms with van der Waals surface area (Å²) < 4.78 is 7.87. The Labute approximate surface area is 174 Å². The zero-order chi connectivity index (χ0) is 21.0. The first kappa shape index (κ1) is 21.1. The van der Waals surface area contributed by atoms with Crippen molar-refractivity contribution in [2.75, 3.05) is 25.6 Å². The Kier molecular flexibility index (Phi) is 6.76. The molecule has 29 heavy (non-hydrogen) atoms. The highest BCUT2D eigenvalue weighted by Gasteiger charge is 2.18. The van der Waals surface area contributed by atoms with Crippen LogP contribution in [-0.2, 0) is 4.74 Å². The first-order chi connectivity index (χ1) is 14.0. The minimum atomic E-state index is -0.0627. The number of aromatic nitrogens is 4. The van der Waals surface area contributed by atoms with Crippen molar-refractivity contribution in [2.45, 2.75) is 39.2 Å². The van der Waals surface area contributed by atoms with Crippen molar-refractivity contribution in [3.8, 4) is 0 Å². The minimum Gasteiger partial charge on any atom is -0.374 e. The van der Waals surface area contributed by atoms with Gasteiger partial charge in [-0.3, -0.25) is 9.36 Å². The van der Waals surface area contributed by atoms with Crippen molar-refractivity contribution in [3.63, 3.8) is 0 Å². The number of rotatable bonds is 9. The summed E-state index contributed by atoms with van der Waals surface area (Å²) in [4.78, 5) is 29.2. The van der Waals surface area contributed by atoms with Crippen LogP contribution in [0.5, 0.6) is 0 Å². The van der Waals surface area contributed by atoms with E-state index in [2.05, 4.69) is 27.6 Å². The topological polar surface area (TPSA) is 73.1 Å². The van der Waals surface area contributed by atoms with Gasteiger partial charge in [-0.05, 0) is 26.2 Å². The Balaban J connectivity index is 1.93. The molecule has 0 amide bonds. The number of thiophene rings is 1. The fourth-order valence-electron chi connectivity index (χ4n) is 3.10. The lowest BCUT2D eigenvalue weighted by atomic mass is 10.2. The van der Waals surface area contributed by atoms with Crippen LogP contribution in [-0.4, -0.2) is 46.3 Å². The van der Waals surface area contributed by atoms with Crippen LogP contribution in [0.15, 0.2) is 36.2 Å². The monoisotopic (exact) mass is 413 g/mol. The van der Waals surface area contributed by atoms with Crippen molar-refractivity contribution >= 4 is 43.3 Å². The summed E-state index contributed by atoms with van der Waals surface area (Å²) in [7, 11) is 3.84. The quantitative estimate of drug-likeness (QED) is 0.389. The van der Waals surface area contributed by atoms with E-state index >= 15 is 0 Å². The molecule has 0 fully saturated rings. The lowest BCUT2D eigenvalue weighted by Gasteiger charge is -2.12. The Bertz CT molecular complexity index is 1100. The van der Waals surface area contributed by atoms with Crippen LogP contribution in [0.1, 0.15) is 33.1 Å². The molecule has 3 aromatic rings. The van der Waals surface area contributed by atoms with Crippen LogP contribution in [0.3, 0.4) is 0 Å². The van der Waals surface area contributed by atoms with Gasteiger partial charge in [0.2, 0.25) is 0 Å². The van der Waals surface area contributed by atoms with Crippen LogP contribution in [0, 0.1) is 0 Å². The zero-order valence-electron chi connectivity index (χ0n) is 17.4. The number of hydrogen-bond donors (Lipinski definition) is 0. The van der Waals surface area contributed by atoms with E-state index in [0.29, 0.717) is 16.8 Å². The van der Waals surface area contributed by atoms with Gasteiger partial charge >= 0.3 is 0 Å². The Morgan fingerprint density at radius 2 is 2.17 bits per heavy atom. The molecule has 7 nitrogen and oxygen atoms in total. The summed E-state index contributed by atoms with van der Waals surface area (Å²) in [6.45, 7) is 8.39. The molecule has 3 aromatic heterocycles. The van der Waals surface area contributed by atoms with Crippen molar-refractivity contribution in [1.29, 1.82) is 0 Å². The van der Waals surface area contributed by atoms with Gasteiger partial charge in [0, 0.05) is 26.4 Å². The molecule has 0 radical (unpaired) electrons. The van der Waals surface area contributed by atoms with Gasteiger partial charge in [0.05, 0.1) is 11.5 Å². The molecule has 3 rings (SSSR count). The van der Waals surface area contributed by atoms with Crippen molar-refractivity contribution in [2.24, 2.45) is 0 Å². The SMILES string of the molecule is C=CC(C)OCCC/C=C(\CC)n1cnc2c(sc3ncnc(N(C)C)c32)c1=O. The van der Waals surface area contributed by atoms with Gasteiger partial charge in [-0.15, -0.1) is 17.9 Å². The molecule has 1 unspecified atom stereocenters. The standard InChI is InChI=1S/C21H27N5O2S/c1-6-14(3)28-11-9-8-10-15(7-2)26-13-24-17-16-19(25(4)5)22-12-23-20(16)29-18(17)21(26)27/h6,10,12-14H,1,7-9,11H2,2-5H3/b15-10+. The van der Waals surface area contributed by atoms with Crippen LogP contribution < -0.4 is 10.5 Å². The lowest BCUT2D eigenvalue weighted by molar-refractivity contribution is 0.0962. The van der Waals surface area contributed by atoms with E-state index in [-0.39, 0.29) is 11.7 Å². The molecule has 0 saturated heterocycles. The Hall–Kier alpha value is -2.58. The average Bonchev–Trinajstić information content (AvgIpc) is 3.11. The summed E-state index contributed by atoms with van der Waals surface area (Å²) in [5.74, 6) is 0.769. The molecular formula is C21H27N5O2S. The van der Waals surface area contributed by atoms with Gasteiger partial charge in [-0.2, -0.15) is 0 Å². The second kappa shape index (κ2) is 9.28. The summed E-state index contributed by atoms with van der Waals surface area (Å²) in [6.07, 6.45) is 9.54. The number of fused-ring (bicyclic) bond motifs is 3. The normalized spacial score (nSPS) is 13.2. The Morgan fingerprint density at radius 1 is 1.38 bits per heavy atom. The fraction of sp³-hybridized carbons (Fsp3) is 0.429. The number of nitrogens with zero attached hydrogens (tertiary/aromatic N) is 5. The summed E-state index contributed by atoms with van der Waals surface area (Å²) >= 11 is 1.37. The van der Waals surface area contributed by atoms with Gasteiger partial charge in [0.15, 0.2) is 0 Å². The van der Waals surface area contributed by atoms with E-state index in [1.54, 1.807) is 17.0 Å². The smallest absolute Gasteiger partial charge is 0.275 e. The molecule has 3 heterocycles. The predicted molar refractivity (Wildman–Crippen MR) is 121 cm³/mol. The average molecular weight is 414 g/mol. The van der Waals surface area contributed by atoms with Crippen LogP contribution >= 0.6 is 11.3 Å². The highest BCUT2D eigenvalue weighted by molar-refractivity contribution is 7.25. The van der Waals surface area contributed by atoms with Gasteiger partial charge in [-0.25, -0.2) is 15.0 Å². The second-order valence-electron chi connectivity index (χ2n) is 6.97. The maximum Gasteiger partial charge on any atom is 0.275 e. The number of hydrogen-bond acceptors (Lipinski definition) is 7. The van der Waals surface area contributed by atoms with Gasteiger partial charge < -0.3 is 9.64 Å². The summed E-state index contributed by atoms with van der Waals surface area (Å²) in [5.41, 5.74) is 1.54. The van der Waals surface area contributed by atoms with E-state index in [9.17, 15) is 4.79 Å². The van der Waals surface area contributed by atoms with E-state index < -0.39 is 0 Å². The predicted octanol–water partition coefficient (Wildman–Crippen LogP) is 4.09. The molecule has 0 bridgehead atoms. The number of anilines is 1. The molecular weight excluding hydrogens is 386 g/mol. The highest BCUT2D eigenvalue weighted by Crippen LogP contribution is 2.33. The molecule has 0 aliphatic carbocycles. The van der Waals surface area contributed by atoms with Crippen LogP contribution in [0.2, 0.25) is 0 Å². The highest BCUT2D eigenvalue weighted by atomic mass is 32.1. The maximum atomic E-state index is 13.2. The molecule has 0 saturated carbocycles. The maximum absolute atomic E-state index is 13.2. The molecule has 0 aromatic carbocycles. The summed E-state index contributed by atoms with van der Waals surface area (Å²) in [5, 5.41) is 0.831.